The first-order valence-electron chi connectivity index (χ1n) is 14.1. The van der Waals surface area contributed by atoms with Crippen LogP contribution in [0.3, 0.4) is 0 Å². The third-order valence-electron chi connectivity index (χ3n) is 11.7. The number of hydrogen-bond acceptors (Lipinski definition) is 1. The second kappa shape index (κ2) is 9.15. The molecule has 1 N–H and O–H groups in total. The molecule has 0 unspecified atom stereocenters. The Balaban J connectivity index is 1.45. The lowest BCUT2D eigenvalue weighted by Gasteiger charge is -2.58. The highest BCUT2D eigenvalue weighted by atomic mass is 16.3. The lowest BCUT2D eigenvalue weighted by molar-refractivity contribution is -0.0975. The summed E-state index contributed by atoms with van der Waals surface area (Å²) < 4.78 is 0. The first-order chi connectivity index (χ1) is 14.8. The number of fused-ring (bicyclic) bond motifs is 5. The van der Waals surface area contributed by atoms with Crippen LogP contribution in [0.5, 0.6) is 0 Å². The summed E-state index contributed by atoms with van der Waals surface area (Å²) in [7, 11) is 0. The van der Waals surface area contributed by atoms with Gasteiger partial charge in [-0.15, -0.1) is 0 Å². The second-order valence-corrected chi connectivity index (χ2v) is 13.1. The summed E-state index contributed by atoms with van der Waals surface area (Å²) in [4.78, 5) is 0. The van der Waals surface area contributed by atoms with Crippen molar-refractivity contribution in [2.45, 2.75) is 112 Å². The maximum Gasteiger partial charge on any atom is 0.0462 e. The number of hydrogen-bond donors (Lipinski definition) is 1. The molecule has 4 aliphatic rings. The van der Waals surface area contributed by atoms with E-state index in [0.717, 1.165) is 35.5 Å². The molecule has 0 radical (unpaired) electrons. The fraction of sp³-hybridized carbons (Fsp3) is 0.933. The lowest BCUT2D eigenvalue weighted by atomic mass is 9.46. The SMILES string of the molecule is CCC=C(CC[C@@H](C)[C@H]1CC[C@H]2[C@@H]3CC[C@H]4[C@@H](CO)CC[C@]4(C)[C@H]3CC[C@]12C)C(C)C. The summed E-state index contributed by atoms with van der Waals surface area (Å²) in [5.74, 6) is 6.80. The van der Waals surface area contributed by atoms with Gasteiger partial charge in [0.05, 0.1) is 0 Å². The van der Waals surface area contributed by atoms with Crippen molar-refractivity contribution >= 4 is 0 Å². The fourth-order valence-electron chi connectivity index (χ4n) is 10.0. The van der Waals surface area contributed by atoms with E-state index in [9.17, 15) is 5.11 Å². The predicted molar refractivity (Wildman–Crippen MR) is 133 cm³/mol. The summed E-state index contributed by atoms with van der Waals surface area (Å²) in [6.07, 6.45) is 17.9. The Bertz CT molecular complexity index is 649. The van der Waals surface area contributed by atoms with Gasteiger partial charge in [-0.2, -0.15) is 0 Å². The van der Waals surface area contributed by atoms with Gasteiger partial charge in [-0.25, -0.2) is 0 Å². The quantitative estimate of drug-likeness (QED) is 0.404. The number of aliphatic hydroxyl groups excluding tert-OH is 1. The molecule has 0 amide bonds. The van der Waals surface area contributed by atoms with Crippen molar-refractivity contribution in [3.63, 3.8) is 0 Å². The van der Waals surface area contributed by atoms with Crippen LogP contribution in [-0.2, 0) is 0 Å². The Hall–Kier alpha value is -0.300. The molecule has 4 rings (SSSR count). The number of rotatable bonds is 7. The molecular weight excluding hydrogens is 376 g/mol. The lowest BCUT2D eigenvalue weighted by Crippen LogP contribution is -2.51. The van der Waals surface area contributed by atoms with Gasteiger partial charge in [0.25, 0.3) is 0 Å². The standard InChI is InChI=1S/C30H52O/c1-7-8-22(20(2)3)10-9-21(4)25-13-14-27-24-11-12-26-23(19-31)15-17-30(26,6)28(24)16-18-29(25,27)5/h8,20-21,23-28,31H,7,9-19H2,1-6H3/t21-,23-,24+,25-,26+,27+,28+,29-,30+/m1/s1. The average molecular weight is 429 g/mol. The number of allylic oxidation sites excluding steroid dienone is 2. The van der Waals surface area contributed by atoms with E-state index >= 15 is 0 Å². The van der Waals surface area contributed by atoms with Crippen LogP contribution in [0.1, 0.15) is 112 Å². The van der Waals surface area contributed by atoms with Crippen LogP contribution in [0.15, 0.2) is 11.6 Å². The van der Waals surface area contributed by atoms with Crippen molar-refractivity contribution in [3.05, 3.63) is 11.6 Å². The average Bonchev–Trinajstić information content (AvgIpc) is 3.27. The van der Waals surface area contributed by atoms with Gasteiger partial charge in [0.15, 0.2) is 0 Å². The first-order valence-corrected chi connectivity index (χ1v) is 14.1. The third kappa shape index (κ3) is 3.98. The van der Waals surface area contributed by atoms with Crippen molar-refractivity contribution in [1.82, 2.24) is 0 Å². The Kier molecular flexibility index (Phi) is 7.04. The van der Waals surface area contributed by atoms with Crippen LogP contribution in [0, 0.1) is 58.2 Å². The van der Waals surface area contributed by atoms with Gasteiger partial charge >= 0.3 is 0 Å². The summed E-state index contributed by atoms with van der Waals surface area (Å²) >= 11 is 0. The molecule has 31 heavy (non-hydrogen) atoms. The topological polar surface area (TPSA) is 20.2 Å². The van der Waals surface area contributed by atoms with Crippen molar-refractivity contribution < 1.29 is 5.11 Å². The van der Waals surface area contributed by atoms with E-state index in [4.69, 9.17) is 0 Å². The van der Waals surface area contributed by atoms with Crippen molar-refractivity contribution in [1.29, 1.82) is 0 Å². The van der Waals surface area contributed by atoms with E-state index in [-0.39, 0.29) is 0 Å². The maximum atomic E-state index is 9.96. The molecule has 4 aliphatic carbocycles. The molecule has 178 valence electrons. The Morgan fingerprint density at radius 2 is 1.58 bits per heavy atom. The van der Waals surface area contributed by atoms with Crippen LogP contribution in [-0.4, -0.2) is 11.7 Å². The van der Waals surface area contributed by atoms with Crippen LogP contribution in [0.4, 0.5) is 0 Å². The Morgan fingerprint density at radius 1 is 0.903 bits per heavy atom. The highest BCUT2D eigenvalue weighted by Gasteiger charge is 2.61. The van der Waals surface area contributed by atoms with Gasteiger partial charge in [-0.1, -0.05) is 53.2 Å². The van der Waals surface area contributed by atoms with E-state index in [1.165, 1.54) is 70.6 Å². The van der Waals surface area contributed by atoms with E-state index < -0.39 is 0 Å². The van der Waals surface area contributed by atoms with Crippen LogP contribution >= 0.6 is 0 Å². The summed E-state index contributed by atoms with van der Waals surface area (Å²) in [6.45, 7) is 15.4. The molecule has 4 saturated carbocycles. The van der Waals surface area contributed by atoms with Gasteiger partial charge in [-0.05, 0) is 129 Å². The molecule has 0 aliphatic heterocycles. The molecule has 4 fully saturated rings. The van der Waals surface area contributed by atoms with Gasteiger partial charge in [0.1, 0.15) is 0 Å². The minimum absolute atomic E-state index is 0.434. The largest absolute Gasteiger partial charge is 0.396 e. The molecule has 1 nitrogen and oxygen atoms in total. The molecule has 0 aromatic carbocycles. The summed E-state index contributed by atoms with van der Waals surface area (Å²) in [5, 5.41) is 9.96. The van der Waals surface area contributed by atoms with Gasteiger partial charge < -0.3 is 5.11 Å². The molecule has 1 heteroatoms. The molecule has 0 aromatic rings. The number of aliphatic hydroxyl groups is 1. The Labute approximate surface area is 193 Å². The fourth-order valence-corrected chi connectivity index (χ4v) is 10.0. The van der Waals surface area contributed by atoms with Crippen LogP contribution < -0.4 is 0 Å². The summed E-state index contributed by atoms with van der Waals surface area (Å²) in [6, 6.07) is 0. The van der Waals surface area contributed by atoms with E-state index in [1.54, 1.807) is 5.57 Å². The summed E-state index contributed by atoms with van der Waals surface area (Å²) in [5.41, 5.74) is 2.81. The highest BCUT2D eigenvalue weighted by molar-refractivity contribution is 5.11. The van der Waals surface area contributed by atoms with Gasteiger partial charge in [0.2, 0.25) is 0 Å². The van der Waals surface area contributed by atoms with Gasteiger partial charge in [-0.3, -0.25) is 0 Å². The molecule has 0 saturated heterocycles. The first kappa shape index (κ1) is 23.8. The molecule has 9 atom stereocenters. The molecular formula is C30H52O. The zero-order valence-electron chi connectivity index (χ0n) is 21.6. The molecule has 0 bridgehead atoms. The van der Waals surface area contributed by atoms with E-state index in [2.05, 4.69) is 47.6 Å². The van der Waals surface area contributed by atoms with Crippen molar-refractivity contribution in [2.24, 2.45) is 58.2 Å². The monoisotopic (exact) mass is 428 g/mol. The van der Waals surface area contributed by atoms with E-state index in [1.807, 2.05) is 0 Å². The van der Waals surface area contributed by atoms with Crippen LogP contribution in [0.25, 0.3) is 0 Å². The maximum absolute atomic E-state index is 9.96. The third-order valence-corrected chi connectivity index (χ3v) is 11.7. The minimum Gasteiger partial charge on any atom is -0.396 e. The molecule has 0 heterocycles. The molecule has 0 spiro atoms. The zero-order valence-corrected chi connectivity index (χ0v) is 21.6. The predicted octanol–water partition coefficient (Wildman–Crippen LogP) is 8.27. The van der Waals surface area contributed by atoms with Crippen LogP contribution in [0.2, 0.25) is 0 Å². The van der Waals surface area contributed by atoms with Crippen molar-refractivity contribution in [2.75, 3.05) is 6.61 Å². The highest BCUT2D eigenvalue weighted by Crippen LogP contribution is 2.69. The Morgan fingerprint density at radius 3 is 2.26 bits per heavy atom. The van der Waals surface area contributed by atoms with E-state index in [0.29, 0.717) is 29.3 Å². The normalized spacial score (nSPS) is 46.0. The van der Waals surface area contributed by atoms with Gasteiger partial charge in [0, 0.05) is 6.61 Å². The minimum atomic E-state index is 0.434. The zero-order chi connectivity index (χ0) is 22.4. The van der Waals surface area contributed by atoms with Crippen molar-refractivity contribution in [3.8, 4) is 0 Å². The smallest absolute Gasteiger partial charge is 0.0462 e. The molecule has 0 aromatic heterocycles. The second-order valence-electron chi connectivity index (χ2n) is 13.1.